The number of rotatable bonds is 7. The highest BCUT2D eigenvalue weighted by atomic mass is 19.1. The molecule has 0 radical (unpaired) electrons. The number of halogens is 2. The van der Waals surface area contributed by atoms with Crippen molar-refractivity contribution in [2.45, 2.75) is 52.2 Å². The van der Waals surface area contributed by atoms with E-state index in [4.69, 9.17) is 0 Å². The Morgan fingerprint density at radius 2 is 1.65 bits per heavy atom. The normalized spacial score (nSPS) is 19.2. The van der Waals surface area contributed by atoms with Gasteiger partial charge in [-0.3, -0.25) is 4.79 Å². The average Bonchev–Trinajstić information content (AvgIpc) is 2.78. The van der Waals surface area contributed by atoms with Gasteiger partial charge in [0.2, 0.25) is 5.91 Å². The fourth-order valence-corrected chi connectivity index (χ4v) is 3.60. The van der Waals surface area contributed by atoms with E-state index in [2.05, 4.69) is 13.5 Å². The van der Waals surface area contributed by atoms with E-state index < -0.39 is 6.10 Å². The lowest BCUT2D eigenvalue weighted by Gasteiger charge is -2.48. The molecule has 2 aromatic carbocycles. The molecule has 0 saturated carbocycles. The number of carbonyl (C=O) groups is 1. The number of aliphatic hydroxyl groups excluding tert-OH is 1. The molecular weight excluding hydrogens is 396 g/mol. The highest BCUT2D eigenvalue weighted by Crippen LogP contribution is 2.40. The van der Waals surface area contributed by atoms with E-state index >= 15 is 0 Å². The molecule has 3 rings (SSSR count). The first kappa shape index (κ1) is 24.5. The van der Waals surface area contributed by atoms with Gasteiger partial charge in [-0.25, -0.2) is 8.78 Å². The van der Waals surface area contributed by atoms with Gasteiger partial charge in [-0.1, -0.05) is 36.8 Å². The molecule has 1 amide bonds. The van der Waals surface area contributed by atoms with Crippen LogP contribution in [0.4, 0.5) is 14.5 Å². The zero-order chi connectivity index (χ0) is 23.0. The van der Waals surface area contributed by atoms with Crippen LogP contribution in [0.2, 0.25) is 0 Å². The summed E-state index contributed by atoms with van der Waals surface area (Å²) in [7, 11) is 0. The Balaban J connectivity index is 0.000000785. The van der Waals surface area contributed by atoms with Gasteiger partial charge in [0.05, 0.1) is 18.1 Å². The van der Waals surface area contributed by atoms with Crippen LogP contribution in [0.25, 0.3) is 0 Å². The monoisotopic (exact) mass is 427 g/mol. The third-order valence-corrected chi connectivity index (χ3v) is 5.54. The maximum absolute atomic E-state index is 13.2. The van der Waals surface area contributed by atoms with Gasteiger partial charge in [-0.15, -0.1) is 6.58 Å². The zero-order valence-electron chi connectivity index (χ0n) is 18.4. The van der Waals surface area contributed by atoms with E-state index in [1.807, 2.05) is 26.0 Å². The van der Waals surface area contributed by atoms with Gasteiger partial charge in [0.1, 0.15) is 11.6 Å². The topological polar surface area (TPSA) is 40.5 Å². The standard InChI is InChI=1S/C22H23F2NO2.C4H8/c1-3-14(2)21-19(12-13-20(26)15-4-6-16(23)7-5-15)22(27)25(21)18-10-8-17(24)9-11-18;1-3-4-2/h3-11,19-21,26H,12-13H2,1-2H3;3H,1,4H2,2H3/b14-3+;/t19-,20?,21?;/m1./s1. The molecule has 3 nitrogen and oxygen atoms in total. The van der Waals surface area contributed by atoms with Crippen molar-refractivity contribution < 1.29 is 18.7 Å². The van der Waals surface area contributed by atoms with Crippen LogP contribution in [0.5, 0.6) is 0 Å². The van der Waals surface area contributed by atoms with Crippen LogP contribution in [0.15, 0.2) is 72.8 Å². The molecule has 1 heterocycles. The number of hydrogen-bond acceptors (Lipinski definition) is 2. The number of nitrogens with zero attached hydrogens (tertiary/aromatic N) is 1. The predicted molar refractivity (Wildman–Crippen MR) is 122 cm³/mol. The van der Waals surface area contributed by atoms with Crippen molar-refractivity contribution in [3.63, 3.8) is 0 Å². The van der Waals surface area contributed by atoms with Crippen molar-refractivity contribution in [1.82, 2.24) is 0 Å². The Labute approximate surface area is 183 Å². The number of benzene rings is 2. The van der Waals surface area contributed by atoms with Crippen LogP contribution >= 0.6 is 0 Å². The minimum absolute atomic E-state index is 0.0286. The fraction of sp³-hybridized carbons (Fsp3) is 0.346. The van der Waals surface area contributed by atoms with Crippen molar-refractivity contribution in [2.75, 3.05) is 4.90 Å². The largest absolute Gasteiger partial charge is 0.388 e. The Morgan fingerprint density at radius 1 is 1.13 bits per heavy atom. The Morgan fingerprint density at radius 3 is 2.13 bits per heavy atom. The van der Waals surface area contributed by atoms with Crippen molar-refractivity contribution in [3.8, 4) is 0 Å². The van der Waals surface area contributed by atoms with Gasteiger partial charge in [-0.2, -0.15) is 0 Å². The number of anilines is 1. The Bertz CT molecular complexity index is 891. The molecule has 31 heavy (non-hydrogen) atoms. The summed E-state index contributed by atoms with van der Waals surface area (Å²) in [5.74, 6) is -0.954. The summed E-state index contributed by atoms with van der Waals surface area (Å²) in [6.45, 7) is 9.43. The van der Waals surface area contributed by atoms with Gasteiger partial charge in [0.15, 0.2) is 0 Å². The van der Waals surface area contributed by atoms with E-state index in [0.717, 1.165) is 12.0 Å². The number of allylic oxidation sites excluding steroid dienone is 2. The first-order valence-electron chi connectivity index (χ1n) is 10.6. The molecule has 1 aliphatic heterocycles. The molecular formula is C26H31F2NO2. The number of β-lactam (4-membered cyclic amide) rings is 1. The third kappa shape index (κ3) is 6.11. The Hall–Kier alpha value is -2.79. The molecule has 1 saturated heterocycles. The van der Waals surface area contributed by atoms with Crippen molar-refractivity contribution in [1.29, 1.82) is 0 Å². The summed E-state index contributed by atoms with van der Waals surface area (Å²) in [5.41, 5.74) is 2.36. The lowest BCUT2D eigenvalue weighted by atomic mass is 9.78. The average molecular weight is 428 g/mol. The lowest BCUT2D eigenvalue weighted by molar-refractivity contribution is -0.129. The number of hydrogen-bond donors (Lipinski definition) is 1. The fourth-order valence-electron chi connectivity index (χ4n) is 3.60. The first-order valence-corrected chi connectivity index (χ1v) is 10.6. The molecule has 3 atom stereocenters. The summed E-state index contributed by atoms with van der Waals surface area (Å²) in [5, 5.41) is 10.4. The van der Waals surface area contributed by atoms with E-state index in [1.54, 1.807) is 29.2 Å². The molecule has 1 fully saturated rings. The SMILES string of the molecule is C/C=C(\C)C1[C@@H](CCC(O)c2ccc(F)cc2)C(=O)N1c1ccc(F)cc1.C=CCC. The summed E-state index contributed by atoms with van der Waals surface area (Å²) in [6.07, 6.45) is 5.11. The Kier molecular flexibility index (Phi) is 9.13. The molecule has 1 aliphatic rings. The van der Waals surface area contributed by atoms with Crippen LogP contribution in [-0.4, -0.2) is 17.1 Å². The summed E-state index contributed by atoms with van der Waals surface area (Å²) >= 11 is 0. The van der Waals surface area contributed by atoms with Crippen LogP contribution in [0, 0.1) is 17.6 Å². The molecule has 166 valence electrons. The summed E-state index contributed by atoms with van der Waals surface area (Å²) in [4.78, 5) is 14.4. The quantitative estimate of drug-likeness (QED) is 0.413. The van der Waals surface area contributed by atoms with E-state index in [1.165, 1.54) is 24.3 Å². The van der Waals surface area contributed by atoms with Gasteiger partial charge in [-0.05, 0) is 75.1 Å². The number of amides is 1. The van der Waals surface area contributed by atoms with Gasteiger partial charge in [0, 0.05) is 5.69 Å². The van der Waals surface area contributed by atoms with Crippen LogP contribution in [0.1, 0.15) is 51.7 Å². The van der Waals surface area contributed by atoms with E-state index in [9.17, 15) is 18.7 Å². The van der Waals surface area contributed by atoms with Crippen molar-refractivity contribution in [2.24, 2.45) is 5.92 Å². The number of carbonyl (C=O) groups excluding carboxylic acids is 1. The van der Waals surface area contributed by atoms with E-state index in [-0.39, 0.29) is 29.5 Å². The molecule has 5 heteroatoms. The maximum atomic E-state index is 13.2. The van der Waals surface area contributed by atoms with Gasteiger partial charge < -0.3 is 10.0 Å². The van der Waals surface area contributed by atoms with Crippen molar-refractivity contribution in [3.05, 3.63) is 90.0 Å². The van der Waals surface area contributed by atoms with Gasteiger partial charge in [0.25, 0.3) is 0 Å². The summed E-state index contributed by atoms with van der Waals surface area (Å²) < 4.78 is 26.2. The minimum atomic E-state index is -0.746. The van der Waals surface area contributed by atoms with Gasteiger partial charge >= 0.3 is 0 Å². The molecule has 0 aromatic heterocycles. The highest BCUT2D eigenvalue weighted by Gasteiger charge is 2.48. The van der Waals surface area contributed by atoms with Crippen LogP contribution in [-0.2, 0) is 4.79 Å². The second-order valence-corrected chi connectivity index (χ2v) is 7.61. The molecule has 0 spiro atoms. The second kappa shape index (κ2) is 11.6. The maximum Gasteiger partial charge on any atom is 0.233 e. The lowest BCUT2D eigenvalue weighted by Crippen LogP contribution is -2.61. The number of aliphatic hydroxyl groups is 1. The van der Waals surface area contributed by atoms with Crippen molar-refractivity contribution >= 4 is 11.6 Å². The van der Waals surface area contributed by atoms with Crippen LogP contribution in [0.3, 0.4) is 0 Å². The first-order chi connectivity index (χ1) is 14.8. The minimum Gasteiger partial charge on any atom is -0.388 e. The van der Waals surface area contributed by atoms with E-state index in [0.29, 0.717) is 24.1 Å². The zero-order valence-corrected chi connectivity index (χ0v) is 18.4. The van der Waals surface area contributed by atoms with Crippen LogP contribution < -0.4 is 4.90 Å². The second-order valence-electron chi connectivity index (χ2n) is 7.61. The molecule has 1 N–H and O–H groups in total. The molecule has 0 aliphatic carbocycles. The predicted octanol–water partition coefficient (Wildman–Crippen LogP) is 6.36. The molecule has 2 aromatic rings. The molecule has 0 bridgehead atoms. The highest BCUT2D eigenvalue weighted by molar-refractivity contribution is 6.04. The third-order valence-electron chi connectivity index (χ3n) is 5.54. The molecule has 2 unspecified atom stereocenters. The summed E-state index contributed by atoms with van der Waals surface area (Å²) in [6, 6.07) is 11.5. The smallest absolute Gasteiger partial charge is 0.233 e.